The Bertz CT molecular complexity index is 2150. The van der Waals surface area contributed by atoms with Crippen molar-refractivity contribution < 1.29 is 46.1 Å². The Morgan fingerprint density at radius 1 is 0.569 bits per heavy atom. The van der Waals surface area contributed by atoms with Crippen LogP contribution in [-0.2, 0) is 49.3 Å². The maximum Gasteiger partial charge on any atom is -1.00 e. The van der Waals surface area contributed by atoms with Crippen molar-refractivity contribution in [2.45, 2.75) is 170 Å². The molecule has 0 N–H and O–H groups in total. The van der Waals surface area contributed by atoms with Crippen molar-refractivity contribution in [2.75, 3.05) is 0 Å². The van der Waals surface area contributed by atoms with Gasteiger partial charge < -0.3 is 24.8 Å². The van der Waals surface area contributed by atoms with Crippen molar-refractivity contribution in [3.05, 3.63) is 122 Å². The quantitative estimate of drug-likeness (QED) is 0.131. The normalized spacial score (nSPS) is 13.6. The van der Waals surface area contributed by atoms with Crippen molar-refractivity contribution >= 4 is 6.48 Å². The monoisotopic (exact) mass is 892 g/mol. The molecule has 0 amide bonds. The van der Waals surface area contributed by atoms with Gasteiger partial charge in [-0.1, -0.05) is 0 Å². The van der Waals surface area contributed by atoms with E-state index in [0.29, 0.717) is 0 Å². The van der Waals surface area contributed by atoms with Crippen molar-refractivity contribution in [3.63, 3.8) is 0 Å². The van der Waals surface area contributed by atoms with E-state index in [1.165, 1.54) is 94.2 Å². The Hall–Kier alpha value is -2.31. The van der Waals surface area contributed by atoms with Crippen LogP contribution in [0, 0.1) is 0 Å². The molecule has 6 rings (SSSR count). The first-order valence-corrected chi connectivity index (χ1v) is 25.6. The van der Waals surface area contributed by atoms with Crippen LogP contribution in [0.5, 0.6) is 0 Å². The fourth-order valence-electron chi connectivity index (χ4n) is 9.06. The summed E-state index contributed by atoms with van der Waals surface area (Å²) in [6.45, 7) is 33.4. The number of fused-ring (bicyclic) bond motifs is 3. The van der Waals surface area contributed by atoms with E-state index in [1.807, 2.05) is 3.21 Å². The van der Waals surface area contributed by atoms with Crippen molar-refractivity contribution in [1.82, 2.24) is 0 Å². The Morgan fingerprint density at radius 3 is 1.52 bits per heavy atom. The molecule has 0 bridgehead atoms. The van der Waals surface area contributed by atoms with E-state index in [-0.39, 0.29) is 46.5 Å². The summed E-state index contributed by atoms with van der Waals surface area (Å²) in [5.74, 6) is 0. The Kier molecular flexibility index (Phi) is 15.6. The number of rotatable bonds is 10. The molecule has 0 radical (unpaired) electrons. The summed E-state index contributed by atoms with van der Waals surface area (Å²) in [6.07, 6.45) is 17.2. The van der Waals surface area contributed by atoms with Gasteiger partial charge in [0.1, 0.15) is 0 Å². The number of hydrogen-bond acceptors (Lipinski definition) is 0. The number of allylic oxidation sites excluding steroid dienone is 4. The molecule has 4 aromatic rings. The van der Waals surface area contributed by atoms with E-state index in [1.54, 1.807) is 17.7 Å². The summed E-state index contributed by atoms with van der Waals surface area (Å²) in [4.78, 5) is 0. The van der Waals surface area contributed by atoms with Gasteiger partial charge in [-0.3, -0.25) is 0 Å². The first-order chi connectivity index (χ1) is 26.2. The Labute approximate surface area is 374 Å². The molecule has 0 nitrogen and oxygen atoms in total. The molecule has 0 saturated heterocycles. The van der Waals surface area contributed by atoms with E-state index in [4.69, 9.17) is 0 Å². The molecular formula is C55H72Cl2Zr. The molecule has 58 heavy (non-hydrogen) atoms. The summed E-state index contributed by atoms with van der Waals surface area (Å²) in [6, 6.07) is 27.1. The summed E-state index contributed by atoms with van der Waals surface area (Å²) >= 11 is -2.66. The molecule has 310 valence electrons. The van der Waals surface area contributed by atoms with Crippen molar-refractivity contribution in [2.24, 2.45) is 0 Å². The van der Waals surface area contributed by atoms with Crippen LogP contribution < -0.4 is 28.1 Å². The zero-order chi connectivity index (χ0) is 40.8. The maximum absolute atomic E-state index is 2.69. The molecule has 0 unspecified atom stereocenters. The minimum absolute atomic E-state index is 0. The van der Waals surface area contributed by atoms with Gasteiger partial charge in [0.15, 0.2) is 0 Å². The standard InChI is InChI=1S/C41H49.C9H18.C5H5.2ClH.Zr/c1-38(2,3)31-17-13-26(14-18-31)28-21-30-22-29-23-33(27-15-19-32(20-16-27)39(4,5)6)35(40(7,8)9)25-34(29)37(30)36(24-28)41(10,11)12;1-3-5-7-9-8-6-4-2;1-2-4-5-3-1;;;/h13-21,24-25H,22H2,1-12H3;3-8H2,1-2H3;1-3H,4H2;2*1H;/q;;;;;+2/p-2. The predicted octanol–water partition coefficient (Wildman–Crippen LogP) is 9.43. The average molecular weight is 895 g/mol. The van der Waals surface area contributed by atoms with Gasteiger partial charge in [-0.15, -0.1) is 0 Å². The SMILES string of the molecule is CCCC[C](CCCC)=[Zr+2]([C]1=CC=CC1)[c]1c2c(cc(C(C)(C)C)c1-c1ccc(C(C)(C)C)cc1)-c1c(cc(-c3ccc(C(C)(C)C)cc3)cc1C(C)(C)C)C2.[Cl-].[Cl-]. The third kappa shape index (κ3) is 10.2. The fraction of sp³-hybridized carbons (Fsp3) is 0.473. The number of halogens is 2. The average Bonchev–Trinajstić information content (AvgIpc) is 3.79. The second kappa shape index (κ2) is 18.8. The van der Waals surface area contributed by atoms with E-state index < -0.39 is 21.3 Å². The van der Waals surface area contributed by atoms with Crippen LogP contribution in [0.2, 0.25) is 0 Å². The van der Waals surface area contributed by atoms with Crippen LogP contribution in [0.1, 0.15) is 175 Å². The Balaban J connectivity index is 0.00000372. The van der Waals surface area contributed by atoms with Gasteiger partial charge in [-0.05, 0) is 0 Å². The molecule has 2 aliphatic rings. The van der Waals surface area contributed by atoms with Gasteiger partial charge in [0.05, 0.1) is 0 Å². The number of benzene rings is 4. The molecule has 0 atom stereocenters. The molecule has 4 aromatic carbocycles. The first-order valence-electron chi connectivity index (χ1n) is 21.9. The smallest absolute Gasteiger partial charge is 1.00 e. The van der Waals surface area contributed by atoms with E-state index >= 15 is 0 Å². The molecule has 0 heterocycles. The van der Waals surface area contributed by atoms with Crippen LogP contribution in [0.15, 0.2) is 88.2 Å². The Morgan fingerprint density at radius 2 is 1.07 bits per heavy atom. The minimum atomic E-state index is -2.66. The zero-order valence-corrected chi connectivity index (χ0v) is 42.5. The summed E-state index contributed by atoms with van der Waals surface area (Å²) in [7, 11) is 0. The molecule has 0 spiro atoms. The van der Waals surface area contributed by atoms with Gasteiger partial charge in [-0.25, -0.2) is 0 Å². The van der Waals surface area contributed by atoms with Crippen LogP contribution in [-0.4, -0.2) is 3.21 Å². The van der Waals surface area contributed by atoms with Gasteiger partial charge in [0.2, 0.25) is 0 Å². The second-order valence-electron chi connectivity index (χ2n) is 21.1. The van der Waals surface area contributed by atoms with Gasteiger partial charge >= 0.3 is 353 Å². The van der Waals surface area contributed by atoms with Crippen LogP contribution in [0.3, 0.4) is 0 Å². The molecule has 3 heteroatoms. The summed E-state index contributed by atoms with van der Waals surface area (Å²) in [5.41, 5.74) is 17.9. The first kappa shape index (κ1) is 48.4. The van der Waals surface area contributed by atoms with Crippen LogP contribution in [0.25, 0.3) is 33.4 Å². The third-order valence-corrected chi connectivity index (χ3v) is 20.4. The van der Waals surface area contributed by atoms with Gasteiger partial charge in [-0.2, -0.15) is 0 Å². The molecule has 0 aromatic heterocycles. The van der Waals surface area contributed by atoms with E-state index in [2.05, 4.69) is 182 Å². The van der Waals surface area contributed by atoms with Crippen LogP contribution in [0.4, 0.5) is 0 Å². The van der Waals surface area contributed by atoms with Crippen molar-refractivity contribution in [1.29, 1.82) is 0 Å². The number of unbranched alkanes of at least 4 members (excludes halogenated alkanes) is 2. The van der Waals surface area contributed by atoms with Crippen LogP contribution >= 0.6 is 0 Å². The largest absolute Gasteiger partial charge is 1.00 e. The molecule has 2 aliphatic carbocycles. The predicted molar refractivity (Wildman–Crippen MR) is 246 cm³/mol. The second-order valence-corrected chi connectivity index (χ2v) is 27.5. The fourth-order valence-corrected chi connectivity index (χ4v) is 18.0. The molecule has 0 aliphatic heterocycles. The topological polar surface area (TPSA) is 0 Å². The summed E-state index contributed by atoms with van der Waals surface area (Å²) < 4.78 is 5.52. The molecular weight excluding hydrogens is 823 g/mol. The molecule has 0 fully saturated rings. The summed E-state index contributed by atoms with van der Waals surface area (Å²) in [5, 5.41) is 0. The molecule has 0 saturated carbocycles. The van der Waals surface area contributed by atoms with Gasteiger partial charge in [0.25, 0.3) is 0 Å². The van der Waals surface area contributed by atoms with Crippen molar-refractivity contribution in [3.8, 4) is 33.4 Å². The zero-order valence-electron chi connectivity index (χ0n) is 38.5. The van der Waals surface area contributed by atoms with E-state index in [0.717, 1.165) is 12.8 Å². The minimum Gasteiger partial charge on any atom is -1.00 e. The van der Waals surface area contributed by atoms with Gasteiger partial charge in [0, 0.05) is 0 Å². The third-order valence-electron chi connectivity index (χ3n) is 12.4. The van der Waals surface area contributed by atoms with E-state index in [9.17, 15) is 0 Å². The maximum atomic E-state index is 2.69. The number of hydrogen-bond donors (Lipinski definition) is 0.